The molecule has 1 unspecified atom stereocenters. The fourth-order valence-corrected chi connectivity index (χ4v) is 4.64. The number of aromatic nitrogens is 2. The van der Waals surface area contributed by atoms with Crippen LogP contribution in [0.3, 0.4) is 0 Å². The third kappa shape index (κ3) is 5.20. The number of rotatable bonds is 10. The fraction of sp³-hybridized carbons (Fsp3) is 0.222. The van der Waals surface area contributed by atoms with Crippen LogP contribution in [0.4, 0.5) is 11.5 Å². The van der Waals surface area contributed by atoms with E-state index >= 15 is 0 Å². The first-order valence-corrected chi connectivity index (χ1v) is 12.9. The highest BCUT2D eigenvalue weighted by atomic mass is 31.1. The topological polar surface area (TPSA) is 53.4 Å². The van der Waals surface area contributed by atoms with Crippen molar-refractivity contribution in [1.82, 2.24) is 14.9 Å². The highest BCUT2D eigenvalue weighted by Crippen LogP contribution is 2.28. The van der Waals surface area contributed by atoms with Gasteiger partial charge in [0, 0.05) is 24.1 Å². The smallest absolute Gasteiger partial charge is 0.128 e. The van der Waals surface area contributed by atoms with E-state index in [1.165, 1.54) is 27.6 Å². The molecule has 33 heavy (non-hydrogen) atoms. The molecule has 0 saturated carbocycles. The predicted octanol–water partition coefficient (Wildman–Crippen LogP) is 5.39. The lowest BCUT2D eigenvalue weighted by atomic mass is 10.0. The van der Waals surface area contributed by atoms with Crippen molar-refractivity contribution in [2.45, 2.75) is 20.3 Å². The zero-order chi connectivity index (χ0) is 23.2. The molecule has 2 heterocycles. The van der Waals surface area contributed by atoms with E-state index in [4.69, 9.17) is 0 Å². The van der Waals surface area contributed by atoms with Crippen LogP contribution in [0.2, 0.25) is 0 Å². The summed E-state index contributed by atoms with van der Waals surface area (Å²) in [5, 5.41) is 16.3. The Labute approximate surface area is 198 Å². The van der Waals surface area contributed by atoms with Gasteiger partial charge in [0.25, 0.3) is 0 Å². The van der Waals surface area contributed by atoms with Crippen LogP contribution in [0.5, 0.6) is 0 Å². The largest absolute Gasteiger partial charge is 0.370 e. The number of aryl methyl sites for hydroxylation is 2. The van der Waals surface area contributed by atoms with Crippen molar-refractivity contribution in [2.75, 3.05) is 30.4 Å². The lowest BCUT2D eigenvalue weighted by molar-refractivity contribution is 0.816. The van der Waals surface area contributed by atoms with Crippen molar-refractivity contribution < 1.29 is 0 Å². The number of fused-ring (bicyclic) bond motifs is 1. The molecule has 5 nitrogen and oxygen atoms in total. The zero-order valence-electron chi connectivity index (χ0n) is 19.6. The Kier molecular flexibility index (Phi) is 7.31. The molecule has 0 bridgehead atoms. The molecule has 170 valence electrons. The van der Waals surface area contributed by atoms with E-state index in [9.17, 15) is 0 Å². The van der Waals surface area contributed by atoms with E-state index in [-0.39, 0.29) is 0 Å². The van der Waals surface area contributed by atoms with Gasteiger partial charge in [0.15, 0.2) is 0 Å². The van der Waals surface area contributed by atoms with Crippen LogP contribution in [0.15, 0.2) is 79.3 Å². The Morgan fingerprint density at radius 1 is 1.06 bits per heavy atom. The predicted molar refractivity (Wildman–Crippen MR) is 144 cm³/mol. The lowest BCUT2D eigenvalue weighted by Crippen LogP contribution is -2.25. The normalized spacial score (nSPS) is 11.2. The van der Waals surface area contributed by atoms with Gasteiger partial charge in [-0.15, -0.1) is 0 Å². The highest BCUT2D eigenvalue weighted by Gasteiger charge is 2.11. The molecule has 4 aromatic rings. The summed E-state index contributed by atoms with van der Waals surface area (Å²) < 4.78 is 2.01. The van der Waals surface area contributed by atoms with Crippen molar-refractivity contribution >= 4 is 30.9 Å². The molecular formula is C27H32N5P. The van der Waals surface area contributed by atoms with Crippen molar-refractivity contribution in [2.24, 2.45) is 0 Å². The molecule has 0 amide bonds. The molecule has 0 fully saturated rings. The fourth-order valence-electron chi connectivity index (χ4n) is 4.02. The highest BCUT2D eigenvalue weighted by molar-refractivity contribution is 7.46. The maximum atomic E-state index is 4.65. The maximum Gasteiger partial charge on any atom is 0.128 e. The van der Waals surface area contributed by atoms with E-state index in [0.717, 1.165) is 42.4 Å². The van der Waals surface area contributed by atoms with Crippen molar-refractivity contribution in [3.8, 4) is 11.1 Å². The molecule has 2 aromatic heterocycles. The number of nitrogens with one attached hydrogen (secondary N) is 3. The Balaban J connectivity index is 1.46. The van der Waals surface area contributed by atoms with Crippen LogP contribution >= 0.6 is 8.58 Å². The molecule has 3 N–H and O–H groups in total. The second-order valence-electron chi connectivity index (χ2n) is 8.02. The van der Waals surface area contributed by atoms with Gasteiger partial charge in [-0.1, -0.05) is 64.5 Å². The van der Waals surface area contributed by atoms with Gasteiger partial charge in [-0.2, -0.15) is 5.10 Å². The van der Waals surface area contributed by atoms with E-state index in [2.05, 4.69) is 103 Å². The molecule has 0 aliphatic rings. The summed E-state index contributed by atoms with van der Waals surface area (Å²) in [4.78, 5) is 0. The number of hydrogen-bond acceptors (Lipinski definition) is 4. The average molecular weight is 458 g/mol. The summed E-state index contributed by atoms with van der Waals surface area (Å²) in [6.45, 7) is 12.1. The van der Waals surface area contributed by atoms with Crippen LogP contribution in [0.25, 0.3) is 16.6 Å². The monoisotopic (exact) mass is 457 g/mol. The molecule has 0 spiro atoms. The van der Waals surface area contributed by atoms with Crippen molar-refractivity contribution in [3.05, 3.63) is 90.4 Å². The number of para-hydroxylation sites is 1. The van der Waals surface area contributed by atoms with E-state index in [1.54, 1.807) is 0 Å². The minimum atomic E-state index is 0.696. The molecule has 1 atom stereocenters. The molecule has 0 aliphatic heterocycles. The third-order valence-corrected chi connectivity index (χ3v) is 6.72. The second-order valence-corrected chi connectivity index (χ2v) is 9.06. The van der Waals surface area contributed by atoms with E-state index in [0.29, 0.717) is 8.58 Å². The summed E-state index contributed by atoms with van der Waals surface area (Å²) in [7, 11) is 0.696. The molecule has 0 radical (unpaired) electrons. The number of anilines is 2. The van der Waals surface area contributed by atoms with Crippen LogP contribution in [0.1, 0.15) is 18.1 Å². The number of nitrogens with zero attached hydrogens (tertiary/aromatic N) is 2. The van der Waals surface area contributed by atoms with Gasteiger partial charge < -0.3 is 16.0 Å². The Bertz CT molecular complexity index is 1260. The van der Waals surface area contributed by atoms with Gasteiger partial charge >= 0.3 is 0 Å². The summed E-state index contributed by atoms with van der Waals surface area (Å²) in [6.07, 6.45) is 2.96. The van der Waals surface area contributed by atoms with E-state index in [1.807, 2.05) is 16.8 Å². The Morgan fingerprint density at radius 2 is 1.85 bits per heavy atom. The first-order chi connectivity index (χ1) is 16.1. The SMILES string of the molecule is C=C(NCCNc1cc(-c2ccccc2C)cc2c(PC)cnn12)Nc1ccccc1CC. The quantitative estimate of drug-likeness (QED) is 0.221. The average Bonchev–Trinajstić information content (AvgIpc) is 3.25. The van der Waals surface area contributed by atoms with Crippen LogP contribution in [-0.2, 0) is 6.42 Å². The van der Waals surface area contributed by atoms with Crippen LogP contribution in [-0.4, -0.2) is 29.4 Å². The second kappa shape index (κ2) is 10.5. The van der Waals surface area contributed by atoms with Gasteiger partial charge in [-0.05, 0) is 60.5 Å². The summed E-state index contributed by atoms with van der Waals surface area (Å²) in [5.41, 5.74) is 7.26. The Morgan fingerprint density at radius 3 is 2.64 bits per heavy atom. The molecule has 0 saturated heterocycles. The summed E-state index contributed by atoms with van der Waals surface area (Å²) >= 11 is 0. The van der Waals surface area contributed by atoms with Crippen molar-refractivity contribution in [1.29, 1.82) is 0 Å². The summed E-state index contributed by atoms with van der Waals surface area (Å²) in [6, 6.07) is 21.3. The molecular weight excluding hydrogens is 425 g/mol. The van der Waals surface area contributed by atoms with Crippen LogP contribution in [0, 0.1) is 6.92 Å². The molecule has 2 aromatic carbocycles. The minimum Gasteiger partial charge on any atom is -0.370 e. The van der Waals surface area contributed by atoms with Gasteiger partial charge in [0.05, 0.1) is 17.5 Å². The zero-order valence-corrected chi connectivity index (χ0v) is 20.6. The number of pyridine rings is 1. The summed E-state index contributed by atoms with van der Waals surface area (Å²) in [5.74, 6) is 1.79. The standard InChI is InChI=1S/C27H32N5P/c1-5-21-11-7-9-13-24(21)31-20(3)28-14-15-29-27-17-22(23-12-8-6-10-19(23)2)16-25-26(33-4)18-30-32(25)27/h6-13,16-18,28-29,31,33H,3,5,14-15H2,1-2,4H3. The van der Waals surface area contributed by atoms with Gasteiger partial charge in [0.1, 0.15) is 5.82 Å². The molecule has 6 heteroatoms. The molecule has 0 aliphatic carbocycles. The van der Waals surface area contributed by atoms with Gasteiger partial charge in [-0.3, -0.25) is 0 Å². The third-order valence-electron chi connectivity index (χ3n) is 5.80. The van der Waals surface area contributed by atoms with Gasteiger partial charge in [-0.25, -0.2) is 4.52 Å². The Hall–Kier alpha value is -3.30. The minimum absolute atomic E-state index is 0.696. The molecule has 4 rings (SSSR count). The van der Waals surface area contributed by atoms with Crippen LogP contribution < -0.4 is 21.3 Å². The first-order valence-electron chi connectivity index (χ1n) is 11.4. The van der Waals surface area contributed by atoms with Gasteiger partial charge in [0.2, 0.25) is 0 Å². The maximum absolute atomic E-state index is 4.65. The number of hydrogen-bond donors (Lipinski definition) is 3. The lowest BCUT2D eigenvalue weighted by Gasteiger charge is -2.16. The van der Waals surface area contributed by atoms with Crippen molar-refractivity contribution in [3.63, 3.8) is 0 Å². The first kappa shape index (κ1) is 22.9. The van der Waals surface area contributed by atoms with E-state index < -0.39 is 0 Å². The number of benzene rings is 2.